The Bertz CT molecular complexity index is 1360. The molecule has 178 valence electrons. The maximum absolute atomic E-state index is 13.0. The van der Waals surface area contributed by atoms with Gasteiger partial charge < -0.3 is 9.47 Å². The highest BCUT2D eigenvalue weighted by atomic mass is 35.5. The molecule has 0 spiro atoms. The first-order valence-corrected chi connectivity index (χ1v) is 11.3. The standard InChI is InChI=1S/C25H17Cl3N2O5/c1-34-17-6-4-16(5-7-17)30-24(32)18(23(31)29-25(30)33)10-14-3-9-22(21(28)11-14)35-13-15-2-8-19(26)20(27)12-15/h2-12H,13H2,1H3,(H,29,31,33)/b18-10+. The molecule has 1 fully saturated rings. The van der Waals surface area contributed by atoms with Crippen molar-refractivity contribution in [2.24, 2.45) is 0 Å². The first kappa shape index (κ1) is 24.6. The number of rotatable bonds is 6. The fraction of sp³-hybridized carbons (Fsp3) is 0.0800. The molecule has 0 bridgehead atoms. The van der Waals surface area contributed by atoms with Crippen molar-refractivity contribution in [3.05, 3.63) is 92.4 Å². The molecule has 0 aliphatic carbocycles. The lowest BCUT2D eigenvalue weighted by atomic mass is 10.1. The van der Waals surface area contributed by atoms with Crippen LogP contribution in [-0.4, -0.2) is 25.0 Å². The Kier molecular flexibility index (Phi) is 7.31. The van der Waals surface area contributed by atoms with Crippen LogP contribution in [0.15, 0.2) is 66.2 Å². The number of hydrogen-bond donors (Lipinski definition) is 1. The normalized spacial score (nSPS) is 14.8. The highest BCUT2D eigenvalue weighted by molar-refractivity contribution is 6.42. The van der Waals surface area contributed by atoms with Gasteiger partial charge in [0.1, 0.15) is 23.7 Å². The second-order valence-electron chi connectivity index (χ2n) is 7.38. The lowest BCUT2D eigenvalue weighted by molar-refractivity contribution is -0.122. The van der Waals surface area contributed by atoms with E-state index >= 15 is 0 Å². The van der Waals surface area contributed by atoms with Crippen LogP contribution in [0.5, 0.6) is 11.5 Å². The zero-order chi connectivity index (χ0) is 25.1. The molecular weight excluding hydrogens is 515 g/mol. The van der Waals surface area contributed by atoms with Crippen LogP contribution in [0.1, 0.15) is 11.1 Å². The maximum atomic E-state index is 13.0. The van der Waals surface area contributed by atoms with E-state index in [0.29, 0.717) is 27.1 Å². The third-order valence-electron chi connectivity index (χ3n) is 5.08. The highest BCUT2D eigenvalue weighted by Gasteiger charge is 2.36. The van der Waals surface area contributed by atoms with Crippen molar-refractivity contribution in [1.82, 2.24) is 5.32 Å². The van der Waals surface area contributed by atoms with Crippen LogP contribution in [0.25, 0.3) is 6.08 Å². The Morgan fingerprint density at radius 2 is 1.63 bits per heavy atom. The Morgan fingerprint density at radius 3 is 2.29 bits per heavy atom. The number of nitrogens with one attached hydrogen (secondary N) is 1. The van der Waals surface area contributed by atoms with Gasteiger partial charge in [0.05, 0.1) is 27.9 Å². The topological polar surface area (TPSA) is 84.9 Å². The number of carbonyl (C=O) groups is 3. The van der Waals surface area contributed by atoms with Crippen LogP contribution in [0, 0.1) is 0 Å². The number of amides is 4. The number of anilines is 1. The second kappa shape index (κ2) is 10.4. The summed E-state index contributed by atoms with van der Waals surface area (Å²) in [4.78, 5) is 38.7. The number of barbiturate groups is 1. The van der Waals surface area contributed by atoms with Gasteiger partial charge in [0.15, 0.2) is 0 Å². The molecule has 1 saturated heterocycles. The van der Waals surface area contributed by atoms with Crippen molar-refractivity contribution >= 4 is 64.4 Å². The van der Waals surface area contributed by atoms with Gasteiger partial charge in [0, 0.05) is 0 Å². The molecule has 1 heterocycles. The molecule has 0 unspecified atom stereocenters. The van der Waals surface area contributed by atoms with Crippen molar-refractivity contribution in [3.63, 3.8) is 0 Å². The molecule has 4 rings (SSSR count). The second-order valence-corrected chi connectivity index (χ2v) is 8.60. The van der Waals surface area contributed by atoms with Gasteiger partial charge >= 0.3 is 6.03 Å². The quantitative estimate of drug-likeness (QED) is 0.316. The molecule has 1 N–H and O–H groups in total. The summed E-state index contributed by atoms with van der Waals surface area (Å²) in [5.41, 5.74) is 1.34. The number of nitrogens with zero attached hydrogens (tertiary/aromatic N) is 1. The molecule has 4 amide bonds. The third-order valence-corrected chi connectivity index (χ3v) is 6.11. The summed E-state index contributed by atoms with van der Waals surface area (Å²) in [6.45, 7) is 0.205. The van der Waals surface area contributed by atoms with E-state index in [9.17, 15) is 14.4 Å². The summed E-state index contributed by atoms with van der Waals surface area (Å²) in [6.07, 6.45) is 1.36. The average Bonchev–Trinajstić information content (AvgIpc) is 2.83. The van der Waals surface area contributed by atoms with Crippen LogP contribution in [-0.2, 0) is 16.2 Å². The van der Waals surface area contributed by atoms with Gasteiger partial charge in [0.2, 0.25) is 0 Å². The smallest absolute Gasteiger partial charge is 0.335 e. The summed E-state index contributed by atoms with van der Waals surface area (Å²) in [5, 5.41) is 3.31. The Hall–Kier alpha value is -3.52. The van der Waals surface area contributed by atoms with E-state index < -0.39 is 17.8 Å². The Labute approximate surface area is 215 Å². The maximum Gasteiger partial charge on any atom is 0.335 e. The number of benzene rings is 3. The van der Waals surface area contributed by atoms with Gasteiger partial charge in [-0.1, -0.05) is 46.9 Å². The van der Waals surface area contributed by atoms with Crippen molar-refractivity contribution in [2.45, 2.75) is 6.61 Å². The van der Waals surface area contributed by atoms with Gasteiger partial charge in [-0.2, -0.15) is 0 Å². The van der Waals surface area contributed by atoms with E-state index in [1.54, 1.807) is 60.7 Å². The molecule has 0 aromatic heterocycles. The summed E-state index contributed by atoms with van der Waals surface area (Å²) < 4.78 is 10.8. The lowest BCUT2D eigenvalue weighted by Gasteiger charge is -2.26. The van der Waals surface area contributed by atoms with Crippen molar-refractivity contribution in [3.8, 4) is 11.5 Å². The SMILES string of the molecule is COc1ccc(N2C(=O)NC(=O)/C(=C\c3ccc(OCc4ccc(Cl)c(Cl)c4)c(Cl)c3)C2=O)cc1. The summed E-state index contributed by atoms with van der Waals surface area (Å²) in [5.74, 6) is -0.614. The van der Waals surface area contributed by atoms with E-state index in [1.165, 1.54) is 13.2 Å². The molecule has 3 aromatic rings. The zero-order valence-corrected chi connectivity index (χ0v) is 20.4. The highest BCUT2D eigenvalue weighted by Crippen LogP contribution is 2.30. The number of hydrogen-bond acceptors (Lipinski definition) is 5. The van der Waals surface area contributed by atoms with Crippen LogP contribution < -0.4 is 19.7 Å². The molecular formula is C25H17Cl3N2O5. The first-order valence-electron chi connectivity index (χ1n) is 10.2. The predicted octanol–water partition coefficient (Wildman–Crippen LogP) is 5.90. The number of imide groups is 2. The van der Waals surface area contributed by atoms with E-state index in [4.69, 9.17) is 44.3 Å². The molecule has 10 heteroatoms. The van der Waals surface area contributed by atoms with Crippen molar-refractivity contribution in [1.29, 1.82) is 0 Å². The molecule has 0 atom stereocenters. The molecule has 0 radical (unpaired) electrons. The van der Waals surface area contributed by atoms with Gasteiger partial charge in [-0.15, -0.1) is 0 Å². The molecule has 1 aliphatic rings. The largest absolute Gasteiger partial charge is 0.497 e. The Balaban J connectivity index is 1.54. The molecule has 35 heavy (non-hydrogen) atoms. The third kappa shape index (κ3) is 5.43. The van der Waals surface area contributed by atoms with E-state index in [1.807, 2.05) is 0 Å². The van der Waals surface area contributed by atoms with Gasteiger partial charge in [0.25, 0.3) is 11.8 Å². The van der Waals surface area contributed by atoms with Gasteiger partial charge in [-0.3, -0.25) is 14.9 Å². The average molecular weight is 532 g/mol. The summed E-state index contributed by atoms with van der Waals surface area (Å²) in [6, 6.07) is 15.4. The number of urea groups is 1. The van der Waals surface area contributed by atoms with Crippen LogP contribution in [0.4, 0.5) is 10.5 Å². The molecule has 0 saturated carbocycles. The Morgan fingerprint density at radius 1 is 0.886 bits per heavy atom. The van der Waals surface area contributed by atoms with Crippen molar-refractivity contribution < 1.29 is 23.9 Å². The fourth-order valence-corrected chi connectivity index (χ4v) is 3.87. The molecule has 1 aliphatic heterocycles. The minimum atomic E-state index is -0.841. The van der Waals surface area contributed by atoms with Crippen LogP contribution >= 0.6 is 34.8 Å². The van der Waals surface area contributed by atoms with Crippen LogP contribution in [0.3, 0.4) is 0 Å². The minimum absolute atomic E-state index is 0.205. The van der Waals surface area contributed by atoms with E-state index in [-0.39, 0.29) is 22.9 Å². The van der Waals surface area contributed by atoms with Crippen LogP contribution in [0.2, 0.25) is 15.1 Å². The predicted molar refractivity (Wildman–Crippen MR) is 134 cm³/mol. The monoisotopic (exact) mass is 530 g/mol. The number of carbonyl (C=O) groups excluding carboxylic acids is 3. The summed E-state index contributed by atoms with van der Waals surface area (Å²) >= 11 is 18.3. The van der Waals surface area contributed by atoms with Gasteiger partial charge in [-0.25, -0.2) is 9.69 Å². The zero-order valence-electron chi connectivity index (χ0n) is 18.2. The number of methoxy groups -OCH3 is 1. The molecule has 7 nitrogen and oxygen atoms in total. The summed E-state index contributed by atoms with van der Waals surface area (Å²) in [7, 11) is 1.50. The first-order chi connectivity index (χ1) is 16.8. The van der Waals surface area contributed by atoms with Gasteiger partial charge in [-0.05, 0) is 65.7 Å². The number of ether oxygens (including phenoxy) is 2. The van der Waals surface area contributed by atoms with E-state index in [0.717, 1.165) is 10.5 Å². The fourth-order valence-electron chi connectivity index (χ4n) is 3.30. The van der Waals surface area contributed by atoms with Crippen molar-refractivity contribution in [2.75, 3.05) is 12.0 Å². The minimum Gasteiger partial charge on any atom is -0.497 e. The molecule has 3 aromatic carbocycles. The number of halogens is 3. The van der Waals surface area contributed by atoms with E-state index in [2.05, 4.69) is 5.32 Å². The lowest BCUT2D eigenvalue weighted by Crippen LogP contribution is -2.54.